The van der Waals surface area contributed by atoms with Gasteiger partial charge < -0.3 is 14.6 Å². The smallest absolute Gasteiger partial charge is 0.273 e. The largest absolute Gasteiger partial charge is 0.489 e. The number of carbonyl (C=O) groups is 1. The van der Waals surface area contributed by atoms with Crippen molar-refractivity contribution in [3.05, 3.63) is 46.3 Å². The number of amides is 1. The fraction of sp³-hybridized carbons (Fsp3) is 0.375. The van der Waals surface area contributed by atoms with Crippen LogP contribution in [0.3, 0.4) is 0 Å². The van der Waals surface area contributed by atoms with Crippen molar-refractivity contribution in [1.82, 2.24) is 10.5 Å². The van der Waals surface area contributed by atoms with Crippen molar-refractivity contribution in [3.8, 4) is 5.75 Å². The molecule has 0 aliphatic heterocycles. The van der Waals surface area contributed by atoms with Gasteiger partial charge in [0.2, 0.25) is 0 Å². The lowest BCUT2D eigenvalue weighted by atomic mass is 10.2. The van der Waals surface area contributed by atoms with Gasteiger partial charge in [0.15, 0.2) is 5.69 Å². The van der Waals surface area contributed by atoms with E-state index in [2.05, 4.69) is 17.4 Å². The van der Waals surface area contributed by atoms with E-state index in [1.54, 1.807) is 31.2 Å². The number of halogens is 1. The number of nitrogens with one attached hydrogen (secondary N) is 1. The Bertz CT molecular complexity index is 623. The van der Waals surface area contributed by atoms with Gasteiger partial charge in [-0.1, -0.05) is 30.1 Å². The molecule has 22 heavy (non-hydrogen) atoms. The molecule has 0 unspecified atom stereocenters. The van der Waals surface area contributed by atoms with Crippen molar-refractivity contribution in [1.29, 1.82) is 0 Å². The average Bonchev–Trinajstić information content (AvgIpc) is 2.88. The van der Waals surface area contributed by atoms with Gasteiger partial charge in [-0.15, -0.1) is 0 Å². The maximum absolute atomic E-state index is 12.1. The molecule has 5 nitrogen and oxygen atoms in total. The third kappa shape index (κ3) is 4.24. The number of ether oxygens (including phenoxy) is 1. The van der Waals surface area contributed by atoms with Crippen LogP contribution < -0.4 is 10.1 Å². The fourth-order valence-electron chi connectivity index (χ4n) is 1.89. The van der Waals surface area contributed by atoms with Gasteiger partial charge in [-0.3, -0.25) is 4.79 Å². The summed E-state index contributed by atoms with van der Waals surface area (Å²) in [5.41, 5.74) is 0.937. The molecule has 0 aliphatic rings. The Kier molecular flexibility index (Phi) is 5.83. The van der Waals surface area contributed by atoms with Crippen LogP contribution in [0.2, 0.25) is 5.02 Å². The Morgan fingerprint density at radius 1 is 1.36 bits per heavy atom. The number of hydrogen-bond acceptors (Lipinski definition) is 4. The average molecular weight is 323 g/mol. The zero-order valence-electron chi connectivity index (χ0n) is 12.7. The topological polar surface area (TPSA) is 64.4 Å². The number of aryl methyl sites for hydroxylation is 1. The molecule has 118 valence electrons. The Balaban J connectivity index is 2.02. The predicted octanol–water partition coefficient (Wildman–Crippen LogP) is 3.75. The number of unbranched alkanes of at least 4 members (excludes halogenated alkanes) is 1. The molecule has 0 atom stereocenters. The molecular formula is C16H19ClN2O3. The standard InChI is InChI=1S/C16H19ClN2O3/c1-3-4-9-18-16(20)15-14(11(2)22-19-15)10-21-13-7-5-12(17)6-8-13/h5-8H,3-4,9-10H2,1-2H3,(H,18,20). The zero-order chi connectivity index (χ0) is 15.9. The molecule has 0 saturated carbocycles. The van der Waals surface area contributed by atoms with Gasteiger partial charge >= 0.3 is 0 Å². The molecule has 2 rings (SSSR count). The molecule has 0 saturated heterocycles. The van der Waals surface area contributed by atoms with Gasteiger partial charge in [-0.05, 0) is 37.6 Å². The highest BCUT2D eigenvalue weighted by molar-refractivity contribution is 6.30. The second-order valence-corrected chi connectivity index (χ2v) is 5.35. The SMILES string of the molecule is CCCCNC(=O)c1noc(C)c1COc1ccc(Cl)cc1. The van der Waals surface area contributed by atoms with Crippen LogP contribution in [-0.2, 0) is 6.61 Å². The molecular weight excluding hydrogens is 304 g/mol. The number of aromatic nitrogens is 1. The first-order valence-electron chi connectivity index (χ1n) is 7.23. The third-order valence-electron chi connectivity index (χ3n) is 3.21. The highest BCUT2D eigenvalue weighted by atomic mass is 35.5. The molecule has 1 amide bonds. The summed E-state index contributed by atoms with van der Waals surface area (Å²) in [6.45, 7) is 4.67. The Hall–Kier alpha value is -2.01. The third-order valence-corrected chi connectivity index (χ3v) is 3.46. The van der Waals surface area contributed by atoms with Crippen molar-refractivity contribution in [2.24, 2.45) is 0 Å². The summed E-state index contributed by atoms with van der Waals surface area (Å²) in [5, 5.41) is 7.30. The molecule has 0 aliphatic carbocycles. The summed E-state index contributed by atoms with van der Waals surface area (Å²) in [7, 11) is 0. The first kappa shape index (κ1) is 16.4. The number of rotatable bonds is 7. The summed E-state index contributed by atoms with van der Waals surface area (Å²) in [6.07, 6.45) is 1.95. The molecule has 1 aromatic heterocycles. The minimum atomic E-state index is -0.236. The molecule has 0 bridgehead atoms. The highest BCUT2D eigenvalue weighted by Crippen LogP contribution is 2.19. The molecule has 1 N–H and O–H groups in total. The van der Waals surface area contributed by atoms with Crippen molar-refractivity contribution in [2.75, 3.05) is 6.54 Å². The Labute approximate surface area is 134 Å². The first-order valence-corrected chi connectivity index (χ1v) is 7.61. The quantitative estimate of drug-likeness (QED) is 0.789. The van der Waals surface area contributed by atoms with E-state index in [9.17, 15) is 4.79 Å². The van der Waals surface area contributed by atoms with E-state index in [1.807, 2.05) is 0 Å². The monoisotopic (exact) mass is 322 g/mol. The number of hydrogen-bond donors (Lipinski definition) is 1. The van der Waals surface area contributed by atoms with Gasteiger partial charge in [0.25, 0.3) is 5.91 Å². The molecule has 0 fully saturated rings. The normalized spacial score (nSPS) is 10.5. The molecule has 1 aromatic carbocycles. The molecule has 0 radical (unpaired) electrons. The van der Waals surface area contributed by atoms with Crippen LogP contribution in [0.5, 0.6) is 5.75 Å². The van der Waals surface area contributed by atoms with Crippen LogP contribution in [0.25, 0.3) is 0 Å². The minimum absolute atomic E-state index is 0.216. The van der Waals surface area contributed by atoms with Crippen LogP contribution in [0.15, 0.2) is 28.8 Å². The first-order chi connectivity index (χ1) is 10.6. The van der Waals surface area contributed by atoms with Crippen LogP contribution in [-0.4, -0.2) is 17.6 Å². The predicted molar refractivity (Wildman–Crippen MR) is 84.3 cm³/mol. The highest BCUT2D eigenvalue weighted by Gasteiger charge is 2.19. The van der Waals surface area contributed by atoms with Crippen LogP contribution in [0.4, 0.5) is 0 Å². The number of benzene rings is 1. The lowest BCUT2D eigenvalue weighted by Crippen LogP contribution is -2.26. The van der Waals surface area contributed by atoms with Gasteiger partial charge in [0.05, 0.1) is 5.56 Å². The minimum Gasteiger partial charge on any atom is -0.489 e. The van der Waals surface area contributed by atoms with Crippen molar-refractivity contribution in [3.63, 3.8) is 0 Å². The van der Waals surface area contributed by atoms with Crippen molar-refractivity contribution < 1.29 is 14.1 Å². The number of nitrogens with zero attached hydrogens (tertiary/aromatic N) is 1. The summed E-state index contributed by atoms with van der Waals surface area (Å²) in [5.74, 6) is 1.01. The van der Waals surface area contributed by atoms with Gasteiger partial charge in [-0.2, -0.15) is 0 Å². The molecule has 2 aromatic rings. The van der Waals surface area contributed by atoms with E-state index in [0.29, 0.717) is 28.6 Å². The van der Waals surface area contributed by atoms with Crippen LogP contribution in [0, 0.1) is 6.92 Å². The molecule has 1 heterocycles. The maximum atomic E-state index is 12.1. The van der Waals surface area contributed by atoms with Crippen LogP contribution >= 0.6 is 11.6 Å². The Morgan fingerprint density at radius 2 is 2.09 bits per heavy atom. The Morgan fingerprint density at radius 3 is 2.77 bits per heavy atom. The summed E-state index contributed by atoms with van der Waals surface area (Å²) in [4.78, 5) is 12.1. The fourth-order valence-corrected chi connectivity index (χ4v) is 2.01. The summed E-state index contributed by atoms with van der Waals surface area (Å²) < 4.78 is 10.8. The van der Waals surface area contributed by atoms with Crippen molar-refractivity contribution >= 4 is 17.5 Å². The second-order valence-electron chi connectivity index (χ2n) is 4.92. The lowest BCUT2D eigenvalue weighted by molar-refractivity contribution is 0.0942. The lowest BCUT2D eigenvalue weighted by Gasteiger charge is -2.07. The number of carbonyl (C=O) groups excluding carboxylic acids is 1. The van der Waals surface area contributed by atoms with E-state index in [0.717, 1.165) is 12.8 Å². The van der Waals surface area contributed by atoms with Crippen LogP contribution in [0.1, 0.15) is 41.6 Å². The van der Waals surface area contributed by atoms with E-state index >= 15 is 0 Å². The van der Waals surface area contributed by atoms with E-state index in [1.165, 1.54) is 0 Å². The summed E-state index contributed by atoms with van der Waals surface area (Å²) >= 11 is 5.83. The second kappa shape index (κ2) is 7.84. The van der Waals surface area contributed by atoms with E-state index < -0.39 is 0 Å². The van der Waals surface area contributed by atoms with E-state index in [-0.39, 0.29) is 18.2 Å². The summed E-state index contributed by atoms with van der Waals surface area (Å²) in [6, 6.07) is 7.03. The maximum Gasteiger partial charge on any atom is 0.273 e. The van der Waals surface area contributed by atoms with Crippen molar-refractivity contribution in [2.45, 2.75) is 33.3 Å². The van der Waals surface area contributed by atoms with Gasteiger partial charge in [0.1, 0.15) is 18.1 Å². The molecule has 6 heteroatoms. The van der Waals surface area contributed by atoms with Gasteiger partial charge in [-0.25, -0.2) is 0 Å². The molecule has 0 spiro atoms. The van der Waals surface area contributed by atoms with E-state index in [4.69, 9.17) is 20.9 Å². The van der Waals surface area contributed by atoms with Gasteiger partial charge in [0, 0.05) is 11.6 Å². The zero-order valence-corrected chi connectivity index (χ0v) is 13.4.